The average molecular weight is 299 g/mol. The Hall–Kier alpha value is -1.09. The Labute approximate surface area is 123 Å². The summed E-state index contributed by atoms with van der Waals surface area (Å²) in [5.74, 6) is 2.55. The first kappa shape index (κ1) is 18.9. The van der Waals surface area contributed by atoms with Crippen molar-refractivity contribution >= 4 is 10.1 Å². The Kier molecular flexibility index (Phi) is 8.47. The molecule has 0 amide bonds. The predicted octanol–water partition coefficient (Wildman–Crippen LogP) is 2.20. The van der Waals surface area contributed by atoms with Crippen molar-refractivity contribution in [1.29, 1.82) is 0 Å². The minimum atomic E-state index is -3.51. The maximum Gasteiger partial charge on any atom is 0.264 e. The number of allylic oxidation sites excluding steroid dienone is 3. The van der Waals surface area contributed by atoms with Crippen LogP contribution >= 0.6 is 0 Å². The second-order valence-corrected chi connectivity index (χ2v) is 6.54. The summed E-state index contributed by atoms with van der Waals surface area (Å²) in [5, 5.41) is 0. The van der Waals surface area contributed by atoms with Gasteiger partial charge in [-0.15, -0.1) is 6.42 Å². The molecule has 20 heavy (non-hydrogen) atoms. The summed E-state index contributed by atoms with van der Waals surface area (Å²) >= 11 is 0. The smallest absolute Gasteiger partial charge is 0.264 e. The zero-order valence-corrected chi connectivity index (χ0v) is 13.8. The molecule has 0 aliphatic rings. The molecule has 2 unspecified atom stereocenters. The zero-order chi connectivity index (χ0) is 15.8. The Morgan fingerprint density at radius 2 is 2.10 bits per heavy atom. The van der Waals surface area contributed by atoms with Crippen molar-refractivity contribution in [2.24, 2.45) is 0 Å². The maximum atomic E-state index is 11.4. The van der Waals surface area contributed by atoms with Crippen molar-refractivity contribution in [2.45, 2.75) is 39.3 Å². The standard InChI is InChI=1S/C15H25NO3S/c1-7-9-10-13(3)12-15(19-20(6,17)18)14(4)16(5)11-8-2/h2,7,9-10,14-15H,11-12H2,1,3-6H3/b9-7-,13-10+. The third kappa shape index (κ3) is 8.16. The fraction of sp³-hybridized carbons (Fsp3) is 0.600. The Balaban J connectivity index is 5.04. The lowest BCUT2D eigenvalue weighted by molar-refractivity contribution is 0.107. The minimum absolute atomic E-state index is 0.102. The van der Waals surface area contributed by atoms with Crippen molar-refractivity contribution in [3.8, 4) is 12.3 Å². The van der Waals surface area contributed by atoms with Gasteiger partial charge in [0.15, 0.2) is 0 Å². The molecule has 114 valence electrons. The molecule has 0 spiro atoms. The number of rotatable bonds is 8. The summed E-state index contributed by atoms with van der Waals surface area (Å²) in [6.07, 6.45) is 12.2. The highest BCUT2D eigenvalue weighted by atomic mass is 32.2. The highest BCUT2D eigenvalue weighted by Crippen LogP contribution is 2.17. The molecule has 2 atom stereocenters. The highest BCUT2D eigenvalue weighted by Gasteiger charge is 2.25. The van der Waals surface area contributed by atoms with Gasteiger partial charge in [0.25, 0.3) is 10.1 Å². The van der Waals surface area contributed by atoms with Crippen LogP contribution in [0.1, 0.15) is 27.2 Å². The van der Waals surface area contributed by atoms with Crippen LogP contribution < -0.4 is 0 Å². The van der Waals surface area contributed by atoms with Gasteiger partial charge in [0.2, 0.25) is 0 Å². The quantitative estimate of drug-likeness (QED) is 0.391. The van der Waals surface area contributed by atoms with E-state index in [0.29, 0.717) is 13.0 Å². The third-order valence-electron chi connectivity index (χ3n) is 2.97. The molecule has 0 rings (SSSR count). The van der Waals surface area contributed by atoms with Gasteiger partial charge in [-0.2, -0.15) is 8.42 Å². The molecule has 0 aliphatic carbocycles. The van der Waals surface area contributed by atoms with Gasteiger partial charge in [-0.3, -0.25) is 9.08 Å². The fourth-order valence-corrected chi connectivity index (χ4v) is 2.41. The third-order valence-corrected chi connectivity index (χ3v) is 3.57. The van der Waals surface area contributed by atoms with Gasteiger partial charge in [0.1, 0.15) is 0 Å². The summed E-state index contributed by atoms with van der Waals surface area (Å²) in [4.78, 5) is 1.90. The lowest BCUT2D eigenvalue weighted by Gasteiger charge is -2.30. The maximum absolute atomic E-state index is 11.4. The molecule has 0 aromatic rings. The fourth-order valence-electron chi connectivity index (χ4n) is 1.73. The van der Waals surface area contributed by atoms with E-state index in [2.05, 4.69) is 5.92 Å². The van der Waals surface area contributed by atoms with Gasteiger partial charge in [-0.25, -0.2) is 0 Å². The first-order chi connectivity index (χ1) is 9.21. The van der Waals surface area contributed by atoms with Crippen LogP contribution in [0.25, 0.3) is 0 Å². The van der Waals surface area contributed by atoms with Crippen molar-refractivity contribution < 1.29 is 12.6 Å². The van der Waals surface area contributed by atoms with E-state index in [9.17, 15) is 8.42 Å². The molecule has 0 saturated carbocycles. The van der Waals surface area contributed by atoms with Crippen LogP contribution in [0.2, 0.25) is 0 Å². The SMILES string of the molecule is C#CCN(C)C(C)C(C/C(C)=C/C=C\C)OS(C)(=O)=O. The van der Waals surface area contributed by atoms with Crippen LogP contribution in [-0.2, 0) is 14.3 Å². The molecule has 0 heterocycles. The molecule has 0 N–H and O–H groups in total. The number of nitrogens with zero attached hydrogens (tertiary/aromatic N) is 1. The molecule has 4 nitrogen and oxygen atoms in total. The van der Waals surface area contributed by atoms with Crippen LogP contribution in [-0.4, -0.2) is 45.3 Å². The number of hydrogen-bond donors (Lipinski definition) is 0. The van der Waals surface area contributed by atoms with Crippen LogP contribution in [0, 0.1) is 12.3 Å². The Bertz CT molecular complexity index is 486. The second kappa shape index (κ2) is 8.96. The Morgan fingerprint density at radius 3 is 2.55 bits per heavy atom. The monoisotopic (exact) mass is 299 g/mol. The molecule has 0 radical (unpaired) electrons. The summed E-state index contributed by atoms with van der Waals surface area (Å²) < 4.78 is 28.0. The van der Waals surface area contributed by atoms with E-state index in [1.54, 1.807) is 0 Å². The predicted molar refractivity (Wildman–Crippen MR) is 83.8 cm³/mol. The summed E-state index contributed by atoms with van der Waals surface area (Å²) in [7, 11) is -1.65. The summed E-state index contributed by atoms with van der Waals surface area (Å²) in [5.41, 5.74) is 1.05. The average Bonchev–Trinajstić information content (AvgIpc) is 2.33. The topological polar surface area (TPSA) is 46.6 Å². The van der Waals surface area contributed by atoms with Gasteiger partial charge < -0.3 is 0 Å². The first-order valence-electron chi connectivity index (χ1n) is 6.51. The molecule has 0 bridgehead atoms. The second-order valence-electron chi connectivity index (χ2n) is 4.94. The van der Waals surface area contributed by atoms with E-state index >= 15 is 0 Å². The normalized spacial score (nSPS) is 16.4. The summed E-state index contributed by atoms with van der Waals surface area (Å²) in [6.45, 7) is 6.24. The molecular weight excluding hydrogens is 274 g/mol. The molecule has 0 aromatic carbocycles. The van der Waals surface area contributed by atoms with Crippen molar-refractivity contribution in [3.05, 3.63) is 23.8 Å². The number of hydrogen-bond acceptors (Lipinski definition) is 4. The van der Waals surface area contributed by atoms with E-state index in [-0.39, 0.29) is 6.04 Å². The van der Waals surface area contributed by atoms with E-state index in [1.165, 1.54) is 0 Å². The van der Waals surface area contributed by atoms with Crippen LogP contribution in [0.3, 0.4) is 0 Å². The van der Waals surface area contributed by atoms with E-state index in [1.807, 2.05) is 50.9 Å². The van der Waals surface area contributed by atoms with Gasteiger partial charge in [-0.05, 0) is 34.2 Å². The Morgan fingerprint density at radius 1 is 1.50 bits per heavy atom. The van der Waals surface area contributed by atoms with E-state index < -0.39 is 16.2 Å². The van der Waals surface area contributed by atoms with Gasteiger partial charge in [0, 0.05) is 6.04 Å². The van der Waals surface area contributed by atoms with Crippen LogP contribution in [0.15, 0.2) is 23.8 Å². The zero-order valence-electron chi connectivity index (χ0n) is 13.0. The van der Waals surface area contributed by atoms with Gasteiger partial charge >= 0.3 is 0 Å². The van der Waals surface area contributed by atoms with Gasteiger partial charge in [-0.1, -0.05) is 29.7 Å². The summed E-state index contributed by atoms with van der Waals surface area (Å²) in [6, 6.07) is -0.102. The molecule has 0 aliphatic heterocycles. The van der Waals surface area contributed by atoms with Crippen molar-refractivity contribution in [2.75, 3.05) is 19.8 Å². The highest BCUT2D eigenvalue weighted by molar-refractivity contribution is 7.86. The number of terminal acetylenes is 1. The van der Waals surface area contributed by atoms with E-state index in [4.69, 9.17) is 10.6 Å². The molecule has 0 fully saturated rings. The van der Waals surface area contributed by atoms with Crippen molar-refractivity contribution in [3.63, 3.8) is 0 Å². The lowest BCUT2D eigenvalue weighted by Crippen LogP contribution is -2.41. The number of likely N-dealkylation sites (N-methyl/N-ethyl adjacent to an activating group) is 1. The molecule has 0 saturated heterocycles. The van der Waals surface area contributed by atoms with Crippen molar-refractivity contribution in [1.82, 2.24) is 4.90 Å². The van der Waals surface area contributed by atoms with Crippen LogP contribution in [0.4, 0.5) is 0 Å². The molecule has 0 aromatic heterocycles. The van der Waals surface area contributed by atoms with Gasteiger partial charge in [0.05, 0.1) is 18.9 Å². The largest absolute Gasteiger partial charge is 0.290 e. The lowest BCUT2D eigenvalue weighted by atomic mass is 10.0. The van der Waals surface area contributed by atoms with E-state index in [0.717, 1.165) is 11.8 Å². The van der Waals surface area contributed by atoms with Crippen LogP contribution in [0.5, 0.6) is 0 Å². The first-order valence-corrected chi connectivity index (χ1v) is 8.33. The molecule has 5 heteroatoms. The minimum Gasteiger partial charge on any atom is -0.290 e. The molecular formula is C15H25NO3S.